The normalized spacial score (nSPS) is 12.1. The minimum atomic E-state index is -0.311. The van der Waals surface area contributed by atoms with Crippen LogP contribution in [0.4, 0.5) is 4.39 Å². The molecule has 0 spiro atoms. The first-order chi connectivity index (χ1) is 8.11. The maximum Gasteiger partial charge on any atom is 0.244 e. The highest BCUT2D eigenvalue weighted by molar-refractivity contribution is 5.91. The number of benzene rings is 1. The largest absolute Gasteiger partial charge is 0.351 e. The van der Waals surface area contributed by atoms with Crippen LogP contribution in [-0.4, -0.2) is 12.5 Å². The fraction of sp³-hybridized carbons (Fsp3) is 0.231. The molecule has 1 aromatic rings. The third-order valence-corrected chi connectivity index (χ3v) is 2.10. The molecule has 1 rings (SSSR count). The lowest BCUT2D eigenvalue weighted by Crippen LogP contribution is -2.25. The number of nitrogens with one attached hydrogen (secondary N) is 1. The first-order valence-electron chi connectivity index (χ1n) is 5.23. The minimum absolute atomic E-state index is 0.210. The molecular formula is C13H13FN2O. The molecule has 0 aliphatic carbocycles. The number of nitriles is 1. The van der Waals surface area contributed by atoms with E-state index in [1.165, 1.54) is 18.2 Å². The molecule has 0 saturated heterocycles. The first kappa shape index (κ1) is 12.9. The van der Waals surface area contributed by atoms with Gasteiger partial charge >= 0.3 is 0 Å². The summed E-state index contributed by atoms with van der Waals surface area (Å²) < 4.78 is 12.6. The van der Waals surface area contributed by atoms with E-state index in [1.54, 1.807) is 25.1 Å². The van der Waals surface area contributed by atoms with Crippen LogP contribution in [0.25, 0.3) is 6.08 Å². The smallest absolute Gasteiger partial charge is 0.244 e. The van der Waals surface area contributed by atoms with Gasteiger partial charge in [0.1, 0.15) is 5.82 Å². The first-order valence-corrected chi connectivity index (χ1v) is 5.23. The lowest BCUT2D eigenvalue weighted by Gasteiger charge is -2.02. The van der Waals surface area contributed by atoms with Crippen molar-refractivity contribution in [3.63, 3.8) is 0 Å². The summed E-state index contributed by atoms with van der Waals surface area (Å²) >= 11 is 0. The van der Waals surface area contributed by atoms with E-state index in [0.717, 1.165) is 5.56 Å². The second-order valence-corrected chi connectivity index (χ2v) is 3.66. The van der Waals surface area contributed by atoms with E-state index >= 15 is 0 Å². The van der Waals surface area contributed by atoms with Crippen LogP contribution >= 0.6 is 0 Å². The molecule has 0 aliphatic heterocycles. The van der Waals surface area contributed by atoms with Crippen molar-refractivity contribution in [2.75, 3.05) is 6.54 Å². The van der Waals surface area contributed by atoms with Crippen LogP contribution in [-0.2, 0) is 4.79 Å². The number of rotatable bonds is 4. The molecule has 1 atom stereocenters. The summed E-state index contributed by atoms with van der Waals surface area (Å²) in [6.45, 7) is 2.05. The van der Waals surface area contributed by atoms with E-state index in [-0.39, 0.29) is 17.6 Å². The van der Waals surface area contributed by atoms with Gasteiger partial charge in [0.25, 0.3) is 0 Å². The molecule has 0 aromatic heterocycles. The molecule has 4 heteroatoms. The lowest BCUT2D eigenvalue weighted by molar-refractivity contribution is -0.116. The van der Waals surface area contributed by atoms with Gasteiger partial charge in [-0.2, -0.15) is 5.26 Å². The summed E-state index contributed by atoms with van der Waals surface area (Å²) in [5.74, 6) is -0.788. The van der Waals surface area contributed by atoms with Gasteiger partial charge in [-0.05, 0) is 30.7 Å². The topological polar surface area (TPSA) is 52.9 Å². The molecule has 0 heterocycles. The predicted octanol–water partition coefficient (Wildman–Crippen LogP) is 2.11. The molecule has 3 nitrogen and oxygen atoms in total. The quantitative estimate of drug-likeness (QED) is 0.808. The molecule has 0 saturated carbocycles. The zero-order chi connectivity index (χ0) is 12.7. The Morgan fingerprint density at radius 1 is 1.53 bits per heavy atom. The van der Waals surface area contributed by atoms with Crippen molar-refractivity contribution in [1.82, 2.24) is 5.32 Å². The second kappa shape index (κ2) is 6.44. The SMILES string of the molecule is C[C@H](C#N)CNC(=O)/C=C\c1ccc(F)cc1. The molecule has 0 radical (unpaired) electrons. The third-order valence-electron chi connectivity index (χ3n) is 2.10. The minimum Gasteiger partial charge on any atom is -0.351 e. The maximum absolute atomic E-state index is 12.6. The van der Waals surface area contributed by atoms with Gasteiger partial charge in [-0.25, -0.2) is 4.39 Å². The highest BCUT2D eigenvalue weighted by Crippen LogP contribution is 2.04. The molecule has 0 aliphatic rings. The third kappa shape index (κ3) is 4.94. The number of amides is 1. The fourth-order valence-corrected chi connectivity index (χ4v) is 1.10. The zero-order valence-electron chi connectivity index (χ0n) is 9.48. The van der Waals surface area contributed by atoms with E-state index in [0.29, 0.717) is 6.54 Å². The lowest BCUT2D eigenvalue weighted by atomic mass is 10.2. The highest BCUT2D eigenvalue weighted by atomic mass is 19.1. The van der Waals surface area contributed by atoms with Crippen LogP contribution < -0.4 is 5.32 Å². The second-order valence-electron chi connectivity index (χ2n) is 3.66. The summed E-state index contributed by atoms with van der Waals surface area (Å²) in [6, 6.07) is 7.84. The fourth-order valence-electron chi connectivity index (χ4n) is 1.10. The van der Waals surface area contributed by atoms with Crippen LogP contribution in [0.3, 0.4) is 0 Å². The van der Waals surface area contributed by atoms with E-state index in [4.69, 9.17) is 5.26 Å². The van der Waals surface area contributed by atoms with Crippen molar-refractivity contribution in [3.05, 3.63) is 41.7 Å². The molecule has 0 bridgehead atoms. The van der Waals surface area contributed by atoms with E-state index in [1.807, 2.05) is 6.07 Å². The standard InChI is InChI=1S/C13H13FN2O/c1-10(8-15)9-16-13(17)7-4-11-2-5-12(14)6-3-11/h2-7,10H,9H2,1H3,(H,16,17)/b7-4-/t10-/m1/s1. The van der Waals surface area contributed by atoms with Gasteiger partial charge in [0.15, 0.2) is 0 Å². The monoisotopic (exact) mass is 232 g/mol. The average Bonchev–Trinajstić information content (AvgIpc) is 2.35. The molecule has 0 fully saturated rings. The van der Waals surface area contributed by atoms with E-state index in [2.05, 4.69) is 5.32 Å². The van der Waals surface area contributed by atoms with Crippen LogP contribution in [0.15, 0.2) is 30.3 Å². The van der Waals surface area contributed by atoms with Gasteiger partial charge in [0.05, 0.1) is 12.0 Å². The number of carbonyl (C=O) groups is 1. The van der Waals surface area contributed by atoms with Gasteiger partial charge in [-0.15, -0.1) is 0 Å². The molecule has 1 aromatic carbocycles. The Kier molecular flexibility index (Phi) is 4.89. The van der Waals surface area contributed by atoms with Crippen LogP contribution in [0.2, 0.25) is 0 Å². The van der Waals surface area contributed by atoms with Gasteiger partial charge in [-0.1, -0.05) is 12.1 Å². The van der Waals surface area contributed by atoms with Crippen LogP contribution in [0.5, 0.6) is 0 Å². The van der Waals surface area contributed by atoms with E-state index in [9.17, 15) is 9.18 Å². The summed E-state index contributed by atoms with van der Waals surface area (Å²) in [6.07, 6.45) is 2.95. The summed E-state index contributed by atoms with van der Waals surface area (Å²) in [7, 11) is 0. The number of halogens is 1. The van der Waals surface area contributed by atoms with Crippen molar-refractivity contribution >= 4 is 12.0 Å². The van der Waals surface area contributed by atoms with Crippen molar-refractivity contribution in [2.45, 2.75) is 6.92 Å². The number of nitrogens with zero attached hydrogens (tertiary/aromatic N) is 1. The van der Waals surface area contributed by atoms with Crippen molar-refractivity contribution < 1.29 is 9.18 Å². The summed E-state index contributed by atoms with van der Waals surface area (Å²) in [5, 5.41) is 11.1. The molecule has 88 valence electrons. The Hall–Kier alpha value is -2.15. The van der Waals surface area contributed by atoms with Crippen molar-refractivity contribution in [1.29, 1.82) is 5.26 Å². The summed E-state index contributed by atoms with van der Waals surface area (Å²) in [4.78, 5) is 11.3. The predicted molar refractivity (Wildman–Crippen MR) is 63.2 cm³/mol. The molecular weight excluding hydrogens is 219 g/mol. The Bertz CT molecular complexity index is 445. The van der Waals surface area contributed by atoms with Crippen LogP contribution in [0.1, 0.15) is 12.5 Å². The molecule has 1 amide bonds. The van der Waals surface area contributed by atoms with Crippen molar-refractivity contribution in [2.24, 2.45) is 5.92 Å². The van der Waals surface area contributed by atoms with Gasteiger partial charge in [-0.3, -0.25) is 4.79 Å². The Labute approximate surface area is 99.6 Å². The van der Waals surface area contributed by atoms with Gasteiger partial charge in [0, 0.05) is 12.6 Å². The highest BCUT2D eigenvalue weighted by Gasteiger charge is 2.00. The van der Waals surface area contributed by atoms with Crippen molar-refractivity contribution in [3.8, 4) is 6.07 Å². The number of hydrogen-bond acceptors (Lipinski definition) is 2. The Morgan fingerprint density at radius 2 is 2.18 bits per heavy atom. The maximum atomic E-state index is 12.6. The molecule has 1 N–H and O–H groups in total. The van der Waals surface area contributed by atoms with Gasteiger partial charge in [0.2, 0.25) is 5.91 Å². The summed E-state index contributed by atoms with van der Waals surface area (Å²) in [5.41, 5.74) is 0.745. The Morgan fingerprint density at radius 3 is 2.76 bits per heavy atom. The number of carbonyl (C=O) groups excluding carboxylic acids is 1. The Balaban J connectivity index is 2.46. The number of hydrogen-bond donors (Lipinski definition) is 1. The van der Waals surface area contributed by atoms with E-state index < -0.39 is 0 Å². The molecule has 0 unspecified atom stereocenters. The average molecular weight is 232 g/mol. The van der Waals surface area contributed by atoms with Crippen LogP contribution in [0, 0.1) is 23.1 Å². The zero-order valence-corrected chi connectivity index (χ0v) is 9.48. The van der Waals surface area contributed by atoms with Gasteiger partial charge < -0.3 is 5.32 Å². The molecule has 17 heavy (non-hydrogen) atoms.